The zero-order chi connectivity index (χ0) is 15.0. The first-order valence-corrected chi connectivity index (χ1v) is 7.60. The molecule has 0 saturated heterocycles. The highest BCUT2D eigenvalue weighted by atomic mass is 32.1. The van der Waals surface area contributed by atoms with Gasteiger partial charge in [-0.25, -0.2) is 9.18 Å². The van der Waals surface area contributed by atoms with Crippen LogP contribution in [0.5, 0.6) is 0 Å². The Bertz CT molecular complexity index is 669. The summed E-state index contributed by atoms with van der Waals surface area (Å²) in [6.45, 7) is 0.657. The number of anilines is 2. The zero-order valence-electron chi connectivity index (χ0n) is 11.3. The van der Waals surface area contributed by atoms with E-state index in [4.69, 9.17) is 10.8 Å². The first-order valence-electron chi connectivity index (χ1n) is 6.66. The summed E-state index contributed by atoms with van der Waals surface area (Å²) in [4.78, 5) is 13.0. The van der Waals surface area contributed by atoms with Gasteiger partial charge in [0.1, 0.15) is 5.82 Å². The van der Waals surface area contributed by atoms with Crippen molar-refractivity contribution in [3.63, 3.8) is 0 Å². The third-order valence-electron chi connectivity index (χ3n) is 3.58. The Hall–Kier alpha value is -2.08. The lowest BCUT2D eigenvalue weighted by molar-refractivity contribution is 0.0692. The smallest absolute Gasteiger partial charge is 0.338 e. The highest BCUT2D eigenvalue weighted by Crippen LogP contribution is 2.37. The van der Waals surface area contributed by atoms with Gasteiger partial charge in [0.15, 0.2) is 0 Å². The summed E-state index contributed by atoms with van der Waals surface area (Å²) in [6, 6.07) is 4.82. The molecular formula is C15H15FN2O2S. The van der Waals surface area contributed by atoms with Gasteiger partial charge in [-0.3, -0.25) is 0 Å². The second kappa shape index (κ2) is 5.37. The fraction of sp³-hybridized carbons (Fsp3) is 0.267. The molecular weight excluding hydrogens is 291 g/mol. The molecule has 1 aromatic carbocycles. The fourth-order valence-electron chi connectivity index (χ4n) is 2.37. The van der Waals surface area contributed by atoms with Gasteiger partial charge in [0, 0.05) is 18.7 Å². The van der Waals surface area contributed by atoms with Gasteiger partial charge in [-0.1, -0.05) is 0 Å². The predicted molar refractivity (Wildman–Crippen MR) is 81.3 cm³/mol. The van der Waals surface area contributed by atoms with Gasteiger partial charge in [0.05, 0.1) is 16.9 Å². The highest BCUT2D eigenvalue weighted by molar-refractivity contribution is 7.07. The number of aromatic carboxylic acids is 1. The third kappa shape index (κ3) is 2.85. The molecule has 0 aliphatic heterocycles. The molecule has 1 aliphatic carbocycles. The van der Waals surface area contributed by atoms with Gasteiger partial charge in [0.2, 0.25) is 0 Å². The number of nitrogens with two attached hydrogens (primary N) is 1. The average Bonchev–Trinajstić information content (AvgIpc) is 3.15. The number of carbonyl (C=O) groups is 1. The minimum Gasteiger partial charge on any atom is -0.478 e. The summed E-state index contributed by atoms with van der Waals surface area (Å²) in [5.74, 6) is -2.05. The molecule has 1 aromatic heterocycles. The molecule has 1 fully saturated rings. The van der Waals surface area contributed by atoms with E-state index >= 15 is 0 Å². The third-order valence-corrected chi connectivity index (χ3v) is 4.31. The maximum atomic E-state index is 13.9. The van der Waals surface area contributed by atoms with Crippen LogP contribution in [0.25, 0.3) is 0 Å². The first-order chi connectivity index (χ1) is 10.1. The van der Waals surface area contributed by atoms with Gasteiger partial charge in [-0.05, 0) is 41.3 Å². The predicted octanol–water partition coefficient (Wildman–Crippen LogP) is 3.34. The second-order valence-corrected chi connectivity index (χ2v) is 5.97. The van der Waals surface area contributed by atoms with Crippen molar-refractivity contribution in [2.24, 2.45) is 0 Å². The van der Waals surface area contributed by atoms with E-state index in [1.807, 2.05) is 16.8 Å². The molecule has 0 spiro atoms. The molecule has 4 nitrogen and oxygen atoms in total. The van der Waals surface area contributed by atoms with Gasteiger partial charge < -0.3 is 15.7 Å². The van der Waals surface area contributed by atoms with Crippen LogP contribution in [0.15, 0.2) is 29.0 Å². The number of nitrogens with zero attached hydrogens (tertiary/aromatic N) is 1. The van der Waals surface area contributed by atoms with Crippen LogP contribution in [0.3, 0.4) is 0 Å². The van der Waals surface area contributed by atoms with Crippen LogP contribution in [0.2, 0.25) is 0 Å². The van der Waals surface area contributed by atoms with E-state index in [9.17, 15) is 9.18 Å². The summed E-state index contributed by atoms with van der Waals surface area (Å²) in [7, 11) is 0. The van der Waals surface area contributed by atoms with E-state index < -0.39 is 11.8 Å². The number of halogens is 1. The largest absolute Gasteiger partial charge is 0.478 e. The normalized spacial score (nSPS) is 14.1. The van der Waals surface area contributed by atoms with Crippen molar-refractivity contribution < 1.29 is 14.3 Å². The number of rotatable bonds is 5. The molecule has 3 N–H and O–H groups in total. The molecule has 3 rings (SSSR count). The summed E-state index contributed by atoms with van der Waals surface area (Å²) in [6.07, 6.45) is 2.09. The van der Waals surface area contributed by atoms with Crippen LogP contribution in [0, 0.1) is 5.82 Å². The Labute approximate surface area is 125 Å². The van der Waals surface area contributed by atoms with E-state index in [0.717, 1.165) is 18.4 Å². The molecule has 2 aromatic rings. The molecule has 1 aliphatic rings. The van der Waals surface area contributed by atoms with Crippen molar-refractivity contribution in [2.75, 3.05) is 10.6 Å². The number of hydrogen-bond acceptors (Lipinski definition) is 4. The standard InChI is InChI=1S/C15H15FN2O2S/c16-12-6-14(13(17)5-11(12)15(19)20)18(10-1-2-10)7-9-3-4-21-8-9/h3-6,8,10H,1-2,7,17H2,(H,19,20). The van der Waals surface area contributed by atoms with Crippen molar-refractivity contribution in [1.82, 2.24) is 0 Å². The van der Waals surface area contributed by atoms with Crippen molar-refractivity contribution >= 4 is 28.7 Å². The molecule has 6 heteroatoms. The molecule has 110 valence electrons. The first kappa shape index (κ1) is 13.9. The lowest BCUT2D eigenvalue weighted by atomic mass is 10.1. The summed E-state index contributed by atoms with van der Waals surface area (Å²) in [5.41, 5.74) is 7.59. The number of thiophene rings is 1. The molecule has 1 saturated carbocycles. The summed E-state index contributed by atoms with van der Waals surface area (Å²) < 4.78 is 13.9. The van der Waals surface area contributed by atoms with Gasteiger partial charge in [-0.15, -0.1) is 0 Å². The fourth-order valence-corrected chi connectivity index (χ4v) is 3.03. The maximum Gasteiger partial charge on any atom is 0.338 e. The Morgan fingerprint density at radius 1 is 1.48 bits per heavy atom. The molecule has 0 unspecified atom stereocenters. The van der Waals surface area contributed by atoms with Crippen LogP contribution in [0.4, 0.5) is 15.8 Å². The van der Waals surface area contributed by atoms with Crippen LogP contribution >= 0.6 is 11.3 Å². The number of benzene rings is 1. The molecule has 0 bridgehead atoms. The van der Waals surface area contributed by atoms with Crippen LogP contribution in [-0.2, 0) is 6.54 Å². The van der Waals surface area contributed by atoms with E-state index in [0.29, 0.717) is 24.0 Å². The molecule has 1 heterocycles. The Balaban J connectivity index is 1.96. The summed E-state index contributed by atoms with van der Waals surface area (Å²) >= 11 is 1.61. The monoisotopic (exact) mass is 306 g/mol. The Kier molecular flexibility index (Phi) is 3.55. The Morgan fingerprint density at radius 2 is 2.24 bits per heavy atom. The number of carboxylic acids is 1. The summed E-state index contributed by atoms with van der Waals surface area (Å²) in [5, 5.41) is 13.0. The van der Waals surface area contributed by atoms with Gasteiger partial charge in [0.25, 0.3) is 0 Å². The lowest BCUT2D eigenvalue weighted by Crippen LogP contribution is -2.26. The number of nitrogen functional groups attached to an aromatic ring is 1. The van der Waals surface area contributed by atoms with Crippen molar-refractivity contribution in [3.8, 4) is 0 Å². The number of hydrogen-bond donors (Lipinski definition) is 2. The van der Waals surface area contributed by atoms with E-state index in [2.05, 4.69) is 4.90 Å². The molecule has 0 radical (unpaired) electrons. The van der Waals surface area contributed by atoms with Crippen LogP contribution < -0.4 is 10.6 Å². The minimum atomic E-state index is -1.30. The minimum absolute atomic E-state index is 0.302. The Morgan fingerprint density at radius 3 is 2.81 bits per heavy atom. The van der Waals surface area contributed by atoms with E-state index in [-0.39, 0.29) is 5.56 Å². The van der Waals surface area contributed by atoms with Crippen molar-refractivity contribution in [1.29, 1.82) is 0 Å². The highest BCUT2D eigenvalue weighted by Gasteiger charge is 2.31. The lowest BCUT2D eigenvalue weighted by Gasteiger charge is -2.26. The molecule has 21 heavy (non-hydrogen) atoms. The van der Waals surface area contributed by atoms with E-state index in [1.165, 1.54) is 12.1 Å². The maximum absolute atomic E-state index is 13.9. The molecule has 0 amide bonds. The quantitative estimate of drug-likeness (QED) is 0.832. The van der Waals surface area contributed by atoms with Gasteiger partial charge in [-0.2, -0.15) is 11.3 Å². The zero-order valence-corrected chi connectivity index (χ0v) is 12.1. The van der Waals surface area contributed by atoms with Crippen LogP contribution in [-0.4, -0.2) is 17.1 Å². The number of carboxylic acid groups (broad SMARTS) is 1. The SMILES string of the molecule is Nc1cc(C(=O)O)c(F)cc1N(Cc1ccsc1)C1CC1. The van der Waals surface area contributed by atoms with E-state index in [1.54, 1.807) is 11.3 Å². The molecule has 0 atom stereocenters. The van der Waals surface area contributed by atoms with Crippen LogP contribution in [0.1, 0.15) is 28.8 Å². The van der Waals surface area contributed by atoms with Gasteiger partial charge >= 0.3 is 5.97 Å². The van der Waals surface area contributed by atoms with Crippen molar-refractivity contribution in [2.45, 2.75) is 25.4 Å². The second-order valence-electron chi connectivity index (χ2n) is 5.19. The topological polar surface area (TPSA) is 66.6 Å². The van der Waals surface area contributed by atoms with Crippen molar-refractivity contribution in [3.05, 3.63) is 45.9 Å². The average molecular weight is 306 g/mol.